The molecule has 0 saturated carbocycles. The minimum absolute atomic E-state index is 0.0650. The van der Waals surface area contributed by atoms with Crippen LogP contribution in [0.4, 0.5) is 27.8 Å². The average molecular weight is 806 g/mol. The van der Waals surface area contributed by atoms with Gasteiger partial charge in [0.15, 0.2) is 5.82 Å². The number of aliphatic hydroxyl groups is 1. The van der Waals surface area contributed by atoms with Gasteiger partial charge in [-0.2, -0.15) is 0 Å². The molecule has 1 aromatic heterocycles. The Hall–Kier alpha value is -5.65. The molecule has 5 atom stereocenters. The molecular weight excluding hydrogens is 755 g/mol. The Kier molecular flexibility index (Phi) is 10.4. The van der Waals surface area contributed by atoms with Crippen molar-refractivity contribution < 1.29 is 29.1 Å². The molecule has 5 N–H and O–H groups in total. The van der Waals surface area contributed by atoms with Gasteiger partial charge in [-0.3, -0.25) is 34.3 Å². The molecule has 6 amide bonds. The SMILES string of the molecule is CN1CCN([C@@H]2CCCN(c3cnc(C(N)O)c(Nc4ccc(N5CCC6CCN(Cc7ccc8c(c7)C(=O)N(C7CCC(=O)NC7=O)C8=O)CC6C5)cc4)n3)C2)C1=O. The van der Waals surface area contributed by atoms with E-state index in [2.05, 4.69) is 42.5 Å². The molecule has 6 aliphatic heterocycles. The molecule has 17 heteroatoms. The van der Waals surface area contributed by atoms with E-state index in [0.717, 1.165) is 93.3 Å². The molecule has 4 unspecified atom stereocenters. The number of imide groups is 2. The molecule has 3 aromatic rings. The normalized spacial score (nSPS) is 25.7. The van der Waals surface area contributed by atoms with Crippen LogP contribution in [0.5, 0.6) is 0 Å². The summed E-state index contributed by atoms with van der Waals surface area (Å²) in [5, 5.41) is 16.0. The van der Waals surface area contributed by atoms with Crippen LogP contribution >= 0.6 is 0 Å². The van der Waals surface area contributed by atoms with Gasteiger partial charge in [0.25, 0.3) is 11.8 Å². The Balaban J connectivity index is 0.826. The van der Waals surface area contributed by atoms with Crippen molar-refractivity contribution in [2.24, 2.45) is 17.6 Å². The Bertz CT molecular complexity index is 2170. The quantitative estimate of drug-likeness (QED) is 0.182. The number of fused-ring (bicyclic) bond motifs is 2. The third kappa shape index (κ3) is 7.58. The molecule has 310 valence electrons. The van der Waals surface area contributed by atoms with Gasteiger partial charge in [0.05, 0.1) is 23.4 Å². The van der Waals surface area contributed by atoms with Crippen LogP contribution in [0.15, 0.2) is 48.7 Å². The molecule has 7 heterocycles. The number of carbonyl (C=O) groups is 5. The van der Waals surface area contributed by atoms with Crippen molar-refractivity contribution in [2.45, 2.75) is 63.4 Å². The number of nitrogens with two attached hydrogens (primary N) is 1. The number of hydrogen-bond acceptors (Lipinski definition) is 13. The van der Waals surface area contributed by atoms with E-state index < -0.39 is 35.9 Å². The van der Waals surface area contributed by atoms with E-state index in [1.165, 1.54) is 0 Å². The minimum Gasteiger partial charge on any atom is -0.373 e. The summed E-state index contributed by atoms with van der Waals surface area (Å²) in [4.78, 5) is 84.6. The van der Waals surface area contributed by atoms with Gasteiger partial charge in [-0.15, -0.1) is 0 Å². The lowest BCUT2D eigenvalue weighted by Crippen LogP contribution is -2.54. The standard InChI is InChI=1S/C42H51N11O6/c1-48-17-18-52(42(48)59)30-3-2-14-51(24-30)34-20-44-36(37(43)55)38(46-34)45-28-5-7-29(8-6-28)50-16-13-26-12-15-49(22-27(26)23-50)21-25-4-9-31-32(19-25)41(58)53(40(31)57)33-10-11-35(54)47-39(33)56/h4-9,19-20,26-27,30,33,37,55H,2-3,10-18,21-24,43H2,1H3,(H,45,46)(H,47,54,56)/t26?,27?,30-,33?,37?/m1/s1. The minimum atomic E-state index is -1.31. The van der Waals surface area contributed by atoms with Gasteiger partial charge in [-0.25, -0.2) is 14.8 Å². The maximum Gasteiger partial charge on any atom is 0.320 e. The number of aromatic nitrogens is 2. The first kappa shape index (κ1) is 38.8. The van der Waals surface area contributed by atoms with E-state index in [4.69, 9.17) is 10.7 Å². The topological polar surface area (TPSA) is 201 Å². The summed E-state index contributed by atoms with van der Waals surface area (Å²) < 4.78 is 0. The number of amides is 6. The second-order valence-electron chi connectivity index (χ2n) is 16.8. The van der Waals surface area contributed by atoms with Crippen molar-refractivity contribution in [3.05, 3.63) is 71.0 Å². The van der Waals surface area contributed by atoms with Crippen LogP contribution in [0.25, 0.3) is 0 Å². The number of aliphatic hydroxyl groups excluding tert-OH is 1. The number of nitrogens with one attached hydrogen (secondary N) is 2. The van der Waals surface area contributed by atoms with Gasteiger partial charge >= 0.3 is 6.03 Å². The zero-order valence-electron chi connectivity index (χ0n) is 33.3. The number of benzene rings is 2. The maximum atomic E-state index is 13.4. The predicted molar refractivity (Wildman–Crippen MR) is 218 cm³/mol. The van der Waals surface area contributed by atoms with Crippen molar-refractivity contribution in [1.29, 1.82) is 0 Å². The fourth-order valence-corrected chi connectivity index (χ4v) is 9.86. The summed E-state index contributed by atoms with van der Waals surface area (Å²) in [6.45, 7) is 7.29. The van der Waals surface area contributed by atoms with Gasteiger partial charge in [-0.05, 0) is 92.4 Å². The third-order valence-corrected chi connectivity index (χ3v) is 13.1. The number of rotatable bonds is 9. The summed E-state index contributed by atoms with van der Waals surface area (Å²) in [5.41, 5.74) is 9.62. The Labute approximate surface area is 342 Å². The molecule has 0 bridgehead atoms. The van der Waals surface area contributed by atoms with Crippen LogP contribution in [0, 0.1) is 11.8 Å². The van der Waals surface area contributed by atoms with Crippen LogP contribution in [0.3, 0.4) is 0 Å². The first-order chi connectivity index (χ1) is 28.5. The largest absolute Gasteiger partial charge is 0.373 e. The van der Waals surface area contributed by atoms with E-state index in [-0.39, 0.29) is 30.6 Å². The molecule has 0 aliphatic carbocycles. The molecule has 0 spiro atoms. The van der Waals surface area contributed by atoms with E-state index in [9.17, 15) is 29.1 Å². The van der Waals surface area contributed by atoms with Gasteiger partial charge in [0, 0.05) is 77.2 Å². The molecule has 17 nitrogen and oxygen atoms in total. The lowest BCUT2D eigenvalue weighted by Gasteiger charge is -2.45. The maximum absolute atomic E-state index is 13.4. The second kappa shape index (κ2) is 15.8. The molecule has 6 aliphatic rings. The highest BCUT2D eigenvalue weighted by molar-refractivity contribution is 6.23. The number of piperidine rings is 4. The van der Waals surface area contributed by atoms with Crippen molar-refractivity contribution >= 4 is 52.7 Å². The Morgan fingerprint density at radius 1 is 0.864 bits per heavy atom. The lowest BCUT2D eigenvalue weighted by atomic mass is 9.80. The fraction of sp³-hybridized carbons (Fsp3) is 0.500. The smallest absolute Gasteiger partial charge is 0.320 e. The molecule has 2 aromatic carbocycles. The van der Waals surface area contributed by atoms with Crippen molar-refractivity contribution in [1.82, 2.24) is 34.9 Å². The molecule has 0 radical (unpaired) electrons. The van der Waals surface area contributed by atoms with E-state index in [0.29, 0.717) is 47.7 Å². The highest BCUT2D eigenvalue weighted by Gasteiger charge is 2.45. The third-order valence-electron chi connectivity index (χ3n) is 13.1. The van der Waals surface area contributed by atoms with E-state index in [1.807, 2.05) is 30.1 Å². The van der Waals surface area contributed by atoms with Crippen LogP contribution < -0.4 is 26.2 Å². The molecule has 5 saturated heterocycles. The van der Waals surface area contributed by atoms with Gasteiger partial charge < -0.3 is 35.8 Å². The number of likely N-dealkylation sites (N-methyl/N-ethyl adjacent to an activating group) is 1. The Morgan fingerprint density at radius 3 is 2.42 bits per heavy atom. The summed E-state index contributed by atoms with van der Waals surface area (Å²) in [5.74, 6) is 0.155. The zero-order chi connectivity index (χ0) is 40.9. The number of nitrogens with zero attached hydrogens (tertiary/aromatic N) is 8. The van der Waals surface area contributed by atoms with Crippen molar-refractivity contribution in [3.8, 4) is 0 Å². The Morgan fingerprint density at radius 2 is 1.66 bits per heavy atom. The first-order valence-corrected chi connectivity index (χ1v) is 20.8. The van der Waals surface area contributed by atoms with E-state index in [1.54, 1.807) is 23.2 Å². The summed E-state index contributed by atoms with van der Waals surface area (Å²) in [7, 11) is 1.84. The highest BCUT2D eigenvalue weighted by atomic mass is 16.3. The number of anilines is 4. The van der Waals surface area contributed by atoms with Gasteiger partial charge in [0.1, 0.15) is 23.8 Å². The molecular formula is C42H51N11O6. The predicted octanol–water partition coefficient (Wildman–Crippen LogP) is 2.26. The summed E-state index contributed by atoms with van der Waals surface area (Å²) >= 11 is 0. The van der Waals surface area contributed by atoms with Gasteiger partial charge in [-0.1, -0.05) is 6.07 Å². The molecule has 9 rings (SSSR count). The number of hydrogen-bond donors (Lipinski definition) is 4. The van der Waals surface area contributed by atoms with Crippen LogP contribution in [-0.4, -0.2) is 136 Å². The summed E-state index contributed by atoms with van der Waals surface area (Å²) in [6, 6.07) is 12.8. The number of likely N-dealkylation sites (tertiary alicyclic amines) is 1. The second-order valence-corrected chi connectivity index (χ2v) is 16.8. The first-order valence-electron chi connectivity index (χ1n) is 20.8. The lowest BCUT2D eigenvalue weighted by molar-refractivity contribution is -0.136. The van der Waals surface area contributed by atoms with Crippen LogP contribution in [0.2, 0.25) is 0 Å². The number of urea groups is 1. The van der Waals surface area contributed by atoms with Crippen LogP contribution in [0.1, 0.15) is 76.7 Å². The highest BCUT2D eigenvalue weighted by Crippen LogP contribution is 2.36. The fourth-order valence-electron chi connectivity index (χ4n) is 9.86. The van der Waals surface area contributed by atoms with Crippen LogP contribution in [-0.2, 0) is 16.1 Å². The molecule has 59 heavy (non-hydrogen) atoms. The van der Waals surface area contributed by atoms with E-state index >= 15 is 0 Å². The monoisotopic (exact) mass is 805 g/mol. The molecule has 5 fully saturated rings. The van der Waals surface area contributed by atoms with Gasteiger partial charge in [0.2, 0.25) is 11.8 Å². The zero-order valence-corrected chi connectivity index (χ0v) is 33.3. The van der Waals surface area contributed by atoms with Crippen molar-refractivity contribution in [2.75, 3.05) is 74.5 Å². The van der Waals surface area contributed by atoms with Crippen molar-refractivity contribution in [3.63, 3.8) is 0 Å². The number of carbonyl (C=O) groups excluding carboxylic acids is 5. The average Bonchev–Trinajstić information content (AvgIpc) is 3.70. The summed E-state index contributed by atoms with van der Waals surface area (Å²) in [6.07, 6.45) is 4.60.